The van der Waals surface area contributed by atoms with E-state index in [-0.39, 0.29) is 5.92 Å². The third kappa shape index (κ3) is 5.81. The Morgan fingerprint density at radius 1 is 1.07 bits per heavy atom. The summed E-state index contributed by atoms with van der Waals surface area (Å²) >= 11 is 0. The molecule has 9 heteroatoms. The van der Waals surface area contributed by atoms with E-state index in [1.54, 1.807) is 0 Å². The summed E-state index contributed by atoms with van der Waals surface area (Å²) < 4.78 is 37.1. The first kappa shape index (κ1) is 21.9. The van der Waals surface area contributed by atoms with Crippen molar-refractivity contribution in [2.75, 3.05) is 32.8 Å². The average Bonchev–Trinajstić information content (AvgIpc) is 3.17. The van der Waals surface area contributed by atoms with Crippen LogP contribution in [0.2, 0.25) is 0 Å². The SMILES string of the molecule is CC(C)CN1CC[C@@H]2[C@@H]1CCN2C(=O)C1CCOCC1.O=C(O)C(F)(F)F. The van der Waals surface area contributed by atoms with E-state index >= 15 is 0 Å². The quantitative estimate of drug-likeness (QED) is 0.796. The molecule has 3 heterocycles. The third-order valence-electron chi connectivity index (χ3n) is 5.39. The molecular formula is C18H29F3N2O4. The molecule has 0 unspecified atom stereocenters. The van der Waals surface area contributed by atoms with Gasteiger partial charge in [-0.2, -0.15) is 13.2 Å². The molecule has 0 bridgehead atoms. The number of fused-ring (bicyclic) bond motifs is 1. The molecule has 0 spiro atoms. The van der Waals surface area contributed by atoms with E-state index in [0.717, 1.165) is 32.6 Å². The van der Waals surface area contributed by atoms with Crippen LogP contribution in [-0.4, -0.2) is 77.9 Å². The van der Waals surface area contributed by atoms with Gasteiger partial charge in [-0.1, -0.05) is 13.8 Å². The summed E-state index contributed by atoms with van der Waals surface area (Å²) in [6.07, 6.45) is -0.899. The number of carbonyl (C=O) groups is 2. The summed E-state index contributed by atoms with van der Waals surface area (Å²) in [7, 11) is 0. The van der Waals surface area contributed by atoms with Crippen molar-refractivity contribution in [2.45, 2.75) is 57.8 Å². The number of hydrogen-bond donors (Lipinski definition) is 1. The number of halogens is 3. The Bertz CT molecular complexity index is 521. The molecule has 0 aromatic carbocycles. The smallest absolute Gasteiger partial charge is 0.475 e. The average molecular weight is 394 g/mol. The Hall–Kier alpha value is -1.35. The normalized spacial score (nSPS) is 26.7. The topological polar surface area (TPSA) is 70.1 Å². The third-order valence-corrected chi connectivity index (χ3v) is 5.39. The van der Waals surface area contributed by atoms with Gasteiger partial charge < -0.3 is 14.7 Å². The van der Waals surface area contributed by atoms with Gasteiger partial charge in [0.1, 0.15) is 0 Å². The summed E-state index contributed by atoms with van der Waals surface area (Å²) in [4.78, 5) is 26.4. The highest BCUT2D eigenvalue weighted by Gasteiger charge is 2.45. The molecule has 3 aliphatic heterocycles. The highest BCUT2D eigenvalue weighted by Crippen LogP contribution is 2.34. The van der Waals surface area contributed by atoms with Gasteiger partial charge in [-0.05, 0) is 31.6 Å². The molecule has 156 valence electrons. The minimum atomic E-state index is -5.08. The Kier molecular flexibility index (Phi) is 7.50. The van der Waals surface area contributed by atoms with E-state index in [1.807, 2.05) is 0 Å². The van der Waals surface area contributed by atoms with Crippen molar-refractivity contribution in [1.29, 1.82) is 0 Å². The minimum Gasteiger partial charge on any atom is -0.475 e. The fourth-order valence-electron chi connectivity index (χ4n) is 4.22. The van der Waals surface area contributed by atoms with Crippen LogP contribution in [0.3, 0.4) is 0 Å². The summed E-state index contributed by atoms with van der Waals surface area (Å²) in [5.74, 6) is -1.41. The fourth-order valence-corrected chi connectivity index (χ4v) is 4.22. The lowest BCUT2D eigenvalue weighted by atomic mass is 9.98. The van der Waals surface area contributed by atoms with E-state index in [4.69, 9.17) is 14.6 Å². The summed E-state index contributed by atoms with van der Waals surface area (Å²) in [5.41, 5.74) is 0. The van der Waals surface area contributed by atoms with Gasteiger partial charge >= 0.3 is 12.1 Å². The number of carboxylic acids is 1. The standard InChI is InChI=1S/C16H28N2O2.C2HF3O2/c1-12(2)11-17-7-3-15-14(17)4-8-18(15)16(19)13-5-9-20-10-6-13;3-2(4,5)1(6)7/h12-15H,3-11H2,1-2H3;(H,6,7)/t14-,15+;/m0./s1. The molecule has 27 heavy (non-hydrogen) atoms. The van der Waals surface area contributed by atoms with Crippen LogP contribution >= 0.6 is 0 Å². The zero-order valence-electron chi connectivity index (χ0n) is 15.9. The number of hydrogen-bond acceptors (Lipinski definition) is 4. The molecule has 0 aliphatic carbocycles. The largest absolute Gasteiger partial charge is 0.490 e. The predicted molar refractivity (Wildman–Crippen MR) is 92.2 cm³/mol. The van der Waals surface area contributed by atoms with Crippen molar-refractivity contribution in [3.05, 3.63) is 0 Å². The first-order valence-corrected chi connectivity index (χ1v) is 9.53. The van der Waals surface area contributed by atoms with Gasteiger partial charge in [-0.25, -0.2) is 4.79 Å². The van der Waals surface area contributed by atoms with E-state index in [1.165, 1.54) is 25.9 Å². The second-order valence-electron chi connectivity index (χ2n) is 7.82. The Balaban J connectivity index is 0.000000321. The minimum absolute atomic E-state index is 0.224. The molecule has 2 atom stereocenters. The maximum atomic E-state index is 12.7. The van der Waals surface area contributed by atoms with Gasteiger partial charge in [0.05, 0.1) is 0 Å². The highest BCUT2D eigenvalue weighted by molar-refractivity contribution is 5.79. The first-order chi connectivity index (χ1) is 12.6. The van der Waals surface area contributed by atoms with Gasteiger partial charge in [0.25, 0.3) is 0 Å². The number of amides is 1. The second kappa shape index (κ2) is 9.23. The van der Waals surface area contributed by atoms with Crippen molar-refractivity contribution in [3.8, 4) is 0 Å². The summed E-state index contributed by atoms with van der Waals surface area (Å²) in [6.45, 7) is 9.42. The van der Waals surface area contributed by atoms with Crippen LogP contribution in [0.4, 0.5) is 13.2 Å². The number of nitrogens with zero attached hydrogens (tertiary/aromatic N) is 2. The number of ether oxygens (including phenoxy) is 1. The molecular weight excluding hydrogens is 365 g/mol. The molecule has 0 saturated carbocycles. The lowest BCUT2D eigenvalue weighted by Gasteiger charge is -2.30. The first-order valence-electron chi connectivity index (χ1n) is 9.53. The van der Waals surface area contributed by atoms with Crippen molar-refractivity contribution in [2.24, 2.45) is 11.8 Å². The Morgan fingerprint density at radius 2 is 1.63 bits per heavy atom. The molecule has 1 N–H and O–H groups in total. The number of likely N-dealkylation sites (tertiary alicyclic amines) is 2. The van der Waals surface area contributed by atoms with E-state index in [0.29, 0.717) is 23.9 Å². The van der Waals surface area contributed by atoms with E-state index in [2.05, 4.69) is 23.6 Å². The molecule has 1 amide bonds. The predicted octanol–water partition coefficient (Wildman–Crippen LogP) is 2.38. The lowest BCUT2D eigenvalue weighted by molar-refractivity contribution is -0.192. The monoisotopic (exact) mass is 394 g/mol. The molecule has 0 radical (unpaired) electrons. The number of carboxylic acid groups (broad SMARTS) is 1. The lowest BCUT2D eigenvalue weighted by Crippen LogP contribution is -2.44. The zero-order chi connectivity index (χ0) is 20.2. The fraction of sp³-hybridized carbons (Fsp3) is 0.889. The van der Waals surface area contributed by atoms with Crippen LogP contribution in [0, 0.1) is 11.8 Å². The van der Waals surface area contributed by atoms with Gasteiger partial charge in [-0.15, -0.1) is 0 Å². The van der Waals surface area contributed by atoms with E-state index < -0.39 is 12.1 Å². The number of aliphatic carboxylic acids is 1. The van der Waals surface area contributed by atoms with Gasteiger partial charge in [-0.3, -0.25) is 9.69 Å². The molecule has 3 fully saturated rings. The molecule has 0 aromatic rings. The van der Waals surface area contributed by atoms with Gasteiger partial charge in [0.2, 0.25) is 5.91 Å². The van der Waals surface area contributed by atoms with Gasteiger partial charge in [0.15, 0.2) is 0 Å². The summed E-state index contributed by atoms with van der Waals surface area (Å²) in [5, 5.41) is 7.12. The molecule has 3 aliphatic rings. The summed E-state index contributed by atoms with van der Waals surface area (Å²) in [6, 6.07) is 1.12. The number of alkyl halides is 3. The van der Waals surface area contributed by atoms with E-state index in [9.17, 15) is 18.0 Å². The van der Waals surface area contributed by atoms with Crippen LogP contribution in [0.25, 0.3) is 0 Å². The molecule has 6 nitrogen and oxygen atoms in total. The number of rotatable bonds is 3. The van der Waals surface area contributed by atoms with Crippen LogP contribution < -0.4 is 0 Å². The Morgan fingerprint density at radius 3 is 2.15 bits per heavy atom. The molecule has 0 aromatic heterocycles. The van der Waals surface area contributed by atoms with Crippen LogP contribution in [-0.2, 0) is 14.3 Å². The second-order valence-corrected chi connectivity index (χ2v) is 7.82. The van der Waals surface area contributed by atoms with Crippen LogP contribution in [0.1, 0.15) is 39.5 Å². The zero-order valence-corrected chi connectivity index (χ0v) is 15.9. The van der Waals surface area contributed by atoms with Crippen molar-refractivity contribution in [3.63, 3.8) is 0 Å². The highest BCUT2D eigenvalue weighted by atomic mass is 19.4. The molecule has 3 rings (SSSR count). The van der Waals surface area contributed by atoms with Crippen molar-refractivity contribution < 1.29 is 32.6 Å². The van der Waals surface area contributed by atoms with Crippen molar-refractivity contribution >= 4 is 11.9 Å². The van der Waals surface area contributed by atoms with Crippen molar-refractivity contribution in [1.82, 2.24) is 9.80 Å². The van der Waals surface area contributed by atoms with Gasteiger partial charge in [0, 0.05) is 50.8 Å². The Labute approximate surface area is 157 Å². The van der Waals surface area contributed by atoms with Crippen LogP contribution in [0.15, 0.2) is 0 Å². The number of carbonyl (C=O) groups excluding carboxylic acids is 1. The maximum Gasteiger partial charge on any atom is 0.490 e. The molecule has 3 saturated heterocycles. The van der Waals surface area contributed by atoms with Crippen LogP contribution in [0.5, 0.6) is 0 Å². The maximum absolute atomic E-state index is 12.7.